The van der Waals surface area contributed by atoms with Gasteiger partial charge in [-0.1, -0.05) is 30.3 Å². The molecule has 3 N–H and O–H groups in total. The van der Waals surface area contributed by atoms with Gasteiger partial charge in [0.05, 0.1) is 36.6 Å². The first kappa shape index (κ1) is 30.0. The van der Waals surface area contributed by atoms with Crippen molar-refractivity contribution in [3.05, 3.63) is 88.8 Å². The van der Waals surface area contributed by atoms with E-state index < -0.39 is 17.9 Å². The second-order valence-corrected chi connectivity index (χ2v) is 9.32. The maximum atomic E-state index is 12.7. The molecule has 12 heteroatoms. The molecule has 2 aromatic carbocycles. The highest BCUT2D eigenvalue weighted by Gasteiger charge is 2.32. The van der Waals surface area contributed by atoms with Gasteiger partial charge in [0, 0.05) is 16.8 Å². The lowest BCUT2D eigenvalue weighted by molar-refractivity contribution is -0.139. The number of esters is 2. The quantitative estimate of drug-likeness (QED) is 0.130. The average Bonchev–Trinajstić information content (AvgIpc) is 3.45. The summed E-state index contributed by atoms with van der Waals surface area (Å²) in [6, 6.07) is 16.7. The van der Waals surface area contributed by atoms with Crippen LogP contribution in [0.2, 0.25) is 0 Å². The minimum atomic E-state index is -0.635. The summed E-state index contributed by atoms with van der Waals surface area (Å²) in [6.45, 7) is 5.41. The smallest absolute Gasteiger partial charge is 0.338 e. The van der Waals surface area contributed by atoms with Crippen LogP contribution in [0.4, 0.5) is 0 Å². The zero-order chi connectivity index (χ0) is 30.1. The molecule has 2 heterocycles. The number of benzene rings is 2. The third-order valence-corrected chi connectivity index (χ3v) is 6.26. The number of hydrogen-bond acceptors (Lipinski definition) is 9. The second kappa shape index (κ2) is 14.1. The highest BCUT2D eigenvalue weighted by atomic mass is 32.1. The number of nitrogens with one attached hydrogen (secondary N) is 3. The van der Waals surface area contributed by atoms with Crippen LogP contribution < -0.4 is 20.8 Å². The Bertz CT molecular complexity index is 1530. The van der Waals surface area contributed by atoms with E-state index in [1.165, 1.54) is 6.21 Å². The van der Waals surface area contributed by atoms with Gasteiger partial charge >= 0.3 is 11.9 Å². The number of thiocarbonyl (C=S) groups is 1. The topological polar surface area (TPSA) is 140 Å². The number of hydrogen-bond donors (Lipinski definition) is 3. The summed E-state index contributed by atoms with van der Waals surface area (Å²) >= 11 is 5.30. The van der Waals surface area contributed by atoms with Gasteiger partial charge in [-0.3, -0.25) is 4.79 Å². The minimum Gasteiger partial charge on any atom is -0.483 e. The average molecular weight is 591 g/mol. The predicted molar refractivity (Wildman–Crippen MR) is 159 cm³/mol. The van der Waals surface area contributed by atoms with Crippen molar-refractivity contribution in [3.63, 3.8) is 0 Å². The molecule has 1 aromatic heterocycles. The van der Waals surface area contributed by atoms with Gasteiger partial charge in [0.1, 0.15) is 17.3 Å². The number of rotatable bonds is 11. The van der Waals surface area contributed by atoms with Crippen molar-refractivity contribution in [3.8, 4) is 17.1 Å². The Morgan fingerprint density at radius 1 is 1.00 bits per heavy atom. The largest absolute Gasteiger partial charge is 0.483 e. The summed E-state index contributed by atoms with van der Waals surface area (Å²) in [5, 5.41) is 10.3. The van der Waals surface area contributed by atoms with Crippen LogP contribution in [0.3, 0.4) is 0 Å². The van der Waals surface area contributed by atoms with Crippen LogP contribution in [0.25, 0.3) is 11.3 Å². The number of carbonyl (C=O) groups excluding carboxylic acids is 3. The molecular formula is C30H30N4O7S. The standard InChI is InChI=1S/C30H30N4O7S/c1-4-38-28(36)20-12-10-19(11-13-20)23-15-14-21(41-23)16-31-34-25(35)17-40-24-9-7-6-8-22(24)27-26(29(37)39-5-2)18(3)32-30(42)33-27/h6-16,27H,4-5,17H2,1-3H3,(H,34,35)(H2,32,33,42)/t27-/m0/s1. The second-order valence-electron chi connectivity index (χ2n) is 8.91. The monoisotopic (exact) mass is 590 g/mol. The van der Waals surface area contributed by atoms with Crippen LogP contribution in [0.1, 0.15) is 48.5 Å². The Kier molecular flexibility index (Phi) is 10.1. The number of amides is 1. The fourth-order valence-electron chi connectivity index (χ4n) is 4.16. The number of carbonyl (C=O) groups is 3. The molecular weight excluding hydrogens is 560 g/mol. The van der Waals surface area contributed by atoms with Crippen molar-refractivity contribution in [1.82, 2.24) is 16.1 Å². The molecule has 4 rings (SSSR count). The zero-order valence-electron chi connectivity index (χ0n) is 23.3. The van der Waals surface area contributed by atoms with Gasteiger partial charge in [0.25, 0.3) is 5.91 Å². The van der Waals surface area contributed by atoms with E-state index in [0.29, 0.717) is 51.4 Å². The molecule has 1 atom stereocenters. The number of allylic oxidation sites excluding steroid dienone is 1. The molecule has 11 nitrogen and oxygen atoms in total. The summed E-state index contributed by atoms with van der Waals surface area (Å²) in [4.78, 5) is 37.0. The van der Waals surface area contributed by atoms with Crippen LogP contribution in [0.5, 0.6) is 5.75 Å². The number of furan rings is 1. The third-order valence-electron chi connectivity index (χ3n) is 6.04. The Labute approximate surface area is 247 Å². The van der Waals surface area contributed by atoms with Crippen molar-refractivity contribution in [2.24, 2.45) is 5.10 Å². The molecule has 0 saturated heterocycles. The van der Waals surface area contributed by atoms with Crippen molar-refractivity contribution < 1.29 is 33.0 Å². The number of para-hydroxylation sites is 1. The van der Waals surface area contributed by atoms with Crippen molar-refractivity contribution in [2.75, 3.05) is 19.8 Å². The van der Waals surface area contributed by atoms with E-state index in [1.807, 2.05) is 0 Å². The summed E-state index contributed by atoms with van der Waals surface area (Å²) < 4.78 is 21.8. The molecule has 0 saturated carbocycles. The SMILES string of the molecule is CCOC(=O)C1=C(C)NC(=S)N[C@H]1c1ccccc1OCC(=O)NN=Cc1ccc(-c2ccc(C(=O)OCC)cc2)o1. The maximum Gasteiger partial charge on any atom is 0.338 e. The molecule has 1 amide bonds. The molecule has 0 bridgehead atoms. The Hall–Kier alpha value is -4.97. The Balaban J connectivity index is 1.36. The van der Waals surface area contributed by atoms with Gasteiger partial charge < -0.3 is 29.3 Å². The van der Waals surface area contributed by atoms with E-state index in [0.717, 1.165) is 5.56 Å². The number of ether oxygens (including phenoxy) is 3. The lowest BCUT2D eigenvalue weighted by atomic mass is 9.95. The summed E-state index contributed by atoms with van der Waals surface area (Å²) in [5.74, 6) is -0.0195. The lowest BCUT2D eigenvalue weighted by Gasteiger charge is -2.30. The van der Waals surface area contributed by atoms with E-state index in [2.05, 4.69) is 21.2 Å². The molecule has 0 spiro atoms. The highest BCUT2D eigenvalue weighted by Crippen LogP contribution is 2.33. The minimum absolute atomic E-state index is 0.217. The molecule has 1 aliphatic rings. The van der Waals surface area contributed by atoms with Crippen molar-refractivity contribution in [2.45, 2.75) is 26.8 Å². The summed E-state index contributed by atoms with van der Waals surface area (Å²) in [6.07, 6.45) is 1.36. The molecule has 0 aliphatic carbocycles. The van der Waals surface area contributed by atoms with Crippen LogP contribution in [0, 0.1) is 0 Å². The normalized spacial score (nSPS) is 14.6. The predicted octanol–water partition coefficient (Wildman–Crippen LogP) is 4.01. The highest BCUT2D eigenvalue weighted by molar-refractivity contribution is 7.80. The van der Waals surface area contributed by atoms with Gasteiger partial charge in [-0.05, 0) is 63.3 Å². The molecule has 42 heavy (non-hydrogen) atoms. The Morgan fingerprint density at radius 3 is 2.45 bits per heavy atom. The molecule has 0 radical (unpaired) electrons. The first-order chi connectivity index (χ1) is 20.3. The van der Waals surface area contributed by atoms with Gasteiger partial charge in [-0.2, -0.15) is 5.10 Å². The van der Waals surface area contributed by atoms with Gasteiger partial charge in [-0.15, -0.1) is 0 Å². The summed E-state index contributed by atoms with van der Waals surface area (Å²) in [7, 11) is 0. The lowest BCUT2D eigenvalue weighted by Crippen LogP contribution is -2.45. The third kappa shape index (κ3) is 7.40. The van der Waals surface area contributed by atoms with E-state index in [-0.39, 0.29) is 19.2 Å². The fourth-order valence-corrected chi connectivity index (χ4v) is 4.43. The first-order valence-corrected chi connectivity index (χ1v) is 13.6. The van der Waals surface area contributed by atoms with Gasteiger partial charge in [0.15, 0.2) is 11.7 Å². The molecule has 0 unspecified atom stereocenters. The van der Waals surface area contributed by atoms with Gasteiger partial charge in [-0.25, -0.2) is 15.0 Å². The van der Waals surface area contributed by atoms with E-state index in [1.54, 1.807) is 81.4 Å². The molecule has 0 fully saturated rings. The van der Waals surface area contributed by atoms with Crippen LogP contribution in [-0.2, 0) is 19.1 Å². The Morgan fingerprint density at radius 2 is 1.71 bits per heavy atom. The summed E-state index contributed by atoms with van der Waals surface area (Å²) in [5.41, 5.74) is 5.16. The molecule has 3 aromatic rings. The fraction of sp³-hybridized carbons (Fsp3) is 0.233. The molecule has 218 valence electrons. The number of nitrogens with zero attached hydrogens (tertiary/aromatic N) is 1. The van der Waals surface area contributed by atoms with Crippen molar-refractivity contribution in [1.29, 1.82) is 0 Å². The van der Waals surface area contributed by atoms with E-state index >= 15 is 0 Å². The number of hydrazone groups is 1. The van der Waals surface area contributed by atoms with Crippen LogP contribution >= 0.6 is 12.2 Å². The van der Waals surface area contributed by atoms with E-state index in [9.17, 15) is 14.4 Å². The van der Waals surface area contributed by atoms with Gasteiger partial charge in [0.2, 0.25) is 0 Å². The van der Waals surface area contributed by atoms with Crippen LogP contribution in [-0.4, -0.2) is 49.0 Å². The zero-order valence-corrected chi connectivity index (χ0v) is 24.1. The van der Waals surface area contributed by atoms with E-state index in [4.69, 9.17) is 30.8 Å². The first-order valence-electron chi connectivity index (χ1n) is 13.2. The van der Waals surface area contributed by atoms with Crippen molar-refractivity contribution >= 4 is 41.4 Å². The molecule has 1 aliphatic heterocycles. The van der Waals surface area contributed by atoms with Crippen LogP contribution in [0.15, 0.2) is 81.5 Å². The maximum absolute atomic E-state index is 12.7.